The summed E-state index contributed by atoms with van der Waals surface area (Å²) >= 11 is 0. The molecule has 94 valence electrons. The number of hydrogen-bond acceptors (Lipinski definition) is 4. The minimum absolute atomic E-state index is 0.193. The van der Waals surface area contributed by atoms with Crippen LogP contribution in [0.5, 0.6) is 0 Å². The molecule has 1 aliphatic carbocycles. The van der Waals surface area contributed by atoms with Crippen LogP contribution in [0.15, 0.2) is 0 Å². The number of rotatable bonds is 6. The van der Waals surface area contributed by atoms with E-state index in [1.807, 2.05) is 0 Å². The third-order valence-electron chi connectivity index (χ3n) is 3.47. The maximum absolute atomic E-state index is 10.0. The first-order valence-electron chi connectivity index (χ1n) is 6.53. The van der Waals surface area contributed by atoms with Crippen LogP contribution in [0.1, 0.15) is 12.8 Å². The standard InChI is InChI=1S/C12H25N3O/c1-14(8-11-2-3-11)9-12(16)10-15-6-4-13-5-7-15/h11-13,16H,2-10H2,1H3. The largest absolute Gasteiger partial charge is 0.390 e. The summed E-state index contributed by atoms with van der Waals surface area (Å²) in [7, 11) is 2.12. The van der Waals surface area contributed by atoms with E-state index in [1.54, 1.807) is 0 Å². The van der Waals surface area contributed by atoms with Gasteiger partial charge in [0.15, 0.2) is 0 Å². The fourth-order valence-electron chi connectivity index (χ4n) is 2.43. The second kappa shape index (κ2) is 5.96. The molecule has 1 heterocycles. The van der Waals surface area contributed by atoms with Crippen molar-refractivity contribution >= 4 is 0 Å². The van der Waals surface area contributed by atoms with Crippen molar-refractivity contribution in [1.82, 2.24) is 15.1 Å². The first-order valence-corrected chi connectivity index (χ1v) is 6.53. The van der Waals surface area contributed by atoms with Crippen molar-refractivity contribution in [2.45, 2.75) is 18.9 Å². The van der Waals surface area contributed by atoms with Crippen LogP contribution in [0.2, 0.25) is 0 Å². The predicted octanol–water partition coefficient (Wildman–Crippen LogP) is -0.406. The van der Waals surface area contributed by atoms with Gasteiger partial charge in [-0.15, -0.1) is 0 Å². The lowest BCUT2D eigenvalue weighted by Crippen LogP contribution is -2.48. The van der Waals surface area contributed by atoms with Gasteiger partial charge < -0.3 is 15.3 Å². The van der Waals surface area contributed by atoms with E-state index in [-0.39, 0.29) is 6.10 Å². The number of β-amino-alcohol motifs (C(OH)–C–C–N with tert-alkyl or cyclic N) is 1. The van der Waals surface area contributed by atoms with Crippen molar-refractivity contribution in [2.75, 3.05) is 52.9 Å². The van der Waals surface area contributed by atoms with Crippen molar-refractivity contribution in [3.8, 4) is 0 Å². The monoisotopic (exact) mass is 227 g/mol. The zero-order valence-electron chi connectivity index (χ0n) is 10.4. The Morgan fingerprint density at radius 3 is 2.69 bits per heavy atom. The molecule has 0 aromatic heterocycles. The van der Waals surface area contributed by atoms with Crippen molar-refractivity contribution in [2.24, 2.45) is 5.92 Å². The number of nitrogens with one attached hydrogen (secondary N) is 1. The highest BCUT2D eigenvalue weighted by Gasteiger charge is 2.24. The van der Waals surface area contributed by atoms with Crippen LogP contribution in [0.3, 0.4) is 0 Å². The smallest absolute Gasteiger partial charge is 0.0793 e. The summed E-state index contributed by atoms with van der Waals surface area (Å²) in [4.78, 5) is 4.64. The first kappa shape index (κ1) is 12.3. The minimum Gasteiger partial charge on any atom is -0.390 e. The van der Waals surface area contributed by atoms with E-state index in [9.17, 15) is 5.11 Å². The van der Waals surface area contributed by atoms with E-state index in [0.717, 1.165) is 45.2 Å². The van der Waals surface area contributed by atoms with Gasteiger partial charge in [-0.25, -0.2) is 0 Å². The van der Waals surface area contributed by atoms with Crippen LogP contribution in [0.4, 0.5) is 0 Å². The highest BCUT2D eigenvalue weighted by Crippen LogP contribution is 2.29. The molecule has 2 fully saturated rings. The molecule has 4 heteroatoms. The van der Waals surface area contributed by atoms with Crippen molar-refractivity contribution < 1.29 is 5.11 Å². The van der Waals surface area contributed by atoms with Crippen LogP contribution >= 0.6 is 0 Å². The van der Waals surface area contributed by atoms with Gasteiger partial charge in [0, 0.05) is 45.8 Å². The molecule has 0 radical (unpaired) electrons. The van der Waals surface area contributed by atoms with E-state index >= 15 is 0 Å². The van der Waals surface area contributed by atoms with E-state index in [2.05, 4.69) is 22.2 Å². The lowest BCUT2D eigenvalue weighted by Gasteiger charge is -2.30. The van der Waals surface area contributed by atoms with Crippen LogP contribution in [0.25, 0.3) is 0 Å². The Labute approximate surface area is 98.6 Å². The molecule has 0 aromatic carbocycles. The molecule has 1 unspecified atom stereocenters. The highest BCUT2D eigenvalue weighted by molar-refractivity contribution is 4.78. The number of piperazine rings is 1. The number of nitrogens with zero attached hydrogens (tertiary/aromatic N) is 2. The summed E-state index contributed by atoms with van der Waals surface area (Å²) in [6.07, 6.45) is 2.58. The number of hydrogen-bond donors (Lipinski definition) is 2. The molecule has 2 rings (SSSR count). The average molecular weight is 227 g/mol. The Bertz CT molecular complexity index is 202. The zero-order valence-corrected chi connectivity index (χ0v) is 10.4. The van der Waals surface area contributed by atoms with Crippen molar-refractivity contribution in [3.05, 3.63) is 0 Å². The van der Waals surface area contributed by atoms with Gasteiger partial charge >= 0.3 is 0 Å². The Morgan fingerprint density at radius 2 is 2.06 bits per heavy atom. The van der Waals surface area contributed by atoms with Gasteiger partial charge in [-0.05, 0) is 25.8 Å². The summed E-state index contributed by atoms with van der Waals surface area (Å²) in [5, 5.41) is 13.3. The van der Waals surface area contributed by atoms with Gasteiger partial charge in [0.1, 0.15) is 0 Å². The van der Waals surface area contributed by atoms with Crippen LogP contribution in [-0.2, 0) is 0 Å². The molecule has 0 amide bonds. The van der Waals surface area contributed by atoms with Crippen molar-refractivity contribution in [3.63, 3.8) is 0 Å². The Kier molecular flexibility index (Phi) is 4.58. The van der Waals surface area contributed by atoms with Gasteiger partial charge in [0.25, 0.3) is 0 Å². The minimum atomic E-state index is -0.193. The quantitative estimate of drug-likeness (QED) is 0.647. The van der Waals surface area contributed by atoms with Gasteiger partial charge in [0.2, 0.25) is 0 Å². The van der Waals surface area contributed by atoms with Gasteiger partial charge in [0.05, 0.1) is 6.10 Å². The number of likely N-dealkylation sites (N-methyl/N-ethyl adjacent to an activating group) is 1. The summed E-state index contributed by atoms with van der Waals surface area (Å²) in [6.45, 7) is 7.08. The fraction of sp³-hybridized carbons (Fsp3) is 1.00. The highest BCUT2D eigenvalue weighted by atomic mass is 16.3. The van der Waals surface area contributed by atoms with Crippen LogP contribution in [-0.4, -0.2) is 73.9 Å². The molecular weight excluding hydrogens is 202 g/mol. The number of aliphatic hydroxyl groups excluding tert-OH is 1. The second-order valence-electron chi connectivity index (χ2n) is 5.37. The Hall–Kier alpha value is -0.160. The molecule has 1 saturated carbocycles. The number of aliphatic hydroxyl groups is 1. The molecule has 2 N–H and O–H groups in total. The van der Waals surface area contributed by atoms with Crippen LogP contribution in [0, 0.1) is 5.92 Å². The van der Waals surface area contributed by atoms with Crippen molar-refractivity contribution in [1.29, 1.82) is 0 Å². The molecule has 16 heavy (non-hydrogen) atoms. The summed E-state index contributed by atoms with van der Waals surface area (Å²) in [6, 6.07) is 0. The van der Waals surface area contributed by atoms with E-state index in [0.29, 0.717) is 0 Å². The molecule has 1 saturated heterocycles. The Morgan fingerprint density at radius 1 is 1.38 bits per heavy atom. The third kappa shape index (κ3) is 4.37. The maximum atomic E-state index is 10.0. The van der Waals surface area contributed by atoms with Crippen LogP contribution < -0.4 is 5.32 Å². The summed E-state index contributed by atoms with van der Waals surface area (Å²) in [5.74, 6) is 0.913. The predicted molar refractivity (Wildman–Crippen MR) is 65.5 cm³/mol. The second-order valence-corrected chi connectivity index (χ2v) is 5.37. The molecule has 1 atom stereocenters. The Balaban J connectivity index is 1.60. The zero-order chi connectivity index (χ0) is 11.4. The summed E-state index contributed by atoms with van der Waals surface area (Å²) < 4.78 is 0. The van der Waals surface area contributed by atoms with E-state index in [4.69, 9.17) is 0 Å². The topological polar surface area (TPSA) is 38.7 Å². The molecule has 4 nitrogen and oxygen atoms in total. The molecular formula is C12H25N3O. The summed E-state index contributed by atoms with van der Waals surface area (Å²) in [5.41, 5.74) is 0. The molecule has 0 bridgehead atoms. The third-order valence-corrected chi connectivity index (χ3v) is 3.47. The first-order chi connectivity index (χ1) is 7.74. The molecule has 0 spiro atoms. The lowest BCUT2D eigenvalue weighted by atomic mass is 10.2. The SMILES string of the molecule is CN(CC(O)CN1CCNCC1)CC1CC1. The average Bonchev–Trinajstić information content (AvgIpc) is 3.02. The fourth-order valence-corrected chi connectivity index (χ4v) is 2.43. The van der Waals surface area contributed by atoms with Gasteiger partial charge in [-0.1, -0.05) is 0 Å². The lowest BCUT2D eigenvalue weighted by molar-refractivity contribution is 0.0759. The van der Waals surface area contributed by atoms with Gasteiger partial charge in [-0.2, -0.15) is 0 Å². The normalized spacial score (nSPS) is 24.9. The molecule has 0 aromatic rings. The molecule has 2 aliphatic rings. The van der Waals surface area contributed by atoms with E-state index in [1.165, 1.54) is 19.4 Å². The van der Waals surface area contributed by atoms with E-state index < -0.39 is 0 Å². The van der Waals surface area contributed by atoms with Gasteiger partial charge in [-0.3, -0.25) is 4.90 Å². The maximum Gasteiger partial charge on any atom is 0.0793 e. The molecule has 1 aliphatic heterocycles.